The number of hydrogen-bond acceptors (Lipinski definition) is 3. The first-order chi connectivity index (χ1) is 11.6. The van der Waals surface area contributed by atoms with Gasteiger partial charge in [0.05, 0.1) is 6.54 Å². The van der Waals surface area contributed by atoms with Crippen molar-refractivity contribution in [2.45, 2.75) is 32.7 Å². The number of benzene rings is 1. The molecular formula is C19H22N2O2S. The molecule has 1 aliphatic heterocycles. The summed E-state index contributed by atoms with van der Waals surface area (Å²) >= 11 is 1.67. The Morgan fingerprint density at radius 2 is 2.04 bits per heavy atom. The van der Waals surface area contributed by atoms with Gasteiger partial charge in [-0.15, -0.1) is 11.3 Å². The first kappa shape index (κ1) is 16.7. The fourth-order valence-corrected chi connectivity index (χ4v) is 3.97. The van der Waals surface area contributed by atoms with Gasteiger partial charge in [-0.1, -0.05) is 18.2 Å². The molecule has 3 rings (SSSR count). The maximum absolute atomic E-state index is 12.4. The minimum atomic E-state index is 0.0682. The minimum absolute atomic E-state index is 0.0682. The van der Waals surface area contributed by atoms with Gasteiger partial charge >= 0.3 is 0 Å². The molecule has 1 aromatic carbocycles. The van der Waals surface area contributed by atoms with E-state index in [2.05, 4.69) is 19.1 Å². The van der Waals surface area contributed by atoms with Crippen molar-refractivity contribution < 1.29 is 9.59 Å². The van der Waals surface area contributed by atoms with Gasteiger partial charge in [0.1, 0.15) is 0 Å². The van der Waals surface area contributed by atoms with Crippen molar-refractivity contribution in [1.29, 1.82) is 0 Å². The van der Waals surface area contributed by atoms with E-state index in [4.69, 9.17) is 0 Å². The Morgan fingerprint density at radius 1 is 1.25 bits per heavy atom. The van der Waals surface area contributed by atoms with E-state index in [9.17, 15) is 9.59 Å². The summed E-state index contributed by atoms with van der Waals surface area (Å²) in [4.78, 5) is 29.4. The van der Waals surface area contributed by atoms with Crippen molar-refractivity contribution in [2.24, 2.45) is 0 Å². The number of nitrogens with zero attached hydrogens (tertiary/aromatic N) is 2. The predicted octanol–water partition coefficient (Wildman–Crippen LogP) is 3.38. The third-order valence-electron chi connectivity index (χ3n) is 4.52. The van der Waals surface area contributed by atoms with Gasteiger partial charge in [-0.25, -0.2) is 0 Å². The van der Waals surface area contributed by atoms with E-state index in [0.29, 0.717) is 25.9 Å². The van der Waals surface area contributed by atoms with Crippen LogP contribution in [-0.2, 0) is 22.6 Å². The molecule has 0 spiro atoms. The second-order valence-corrected chi connectivity index (χ2v) is 7.20. The number of aryl methyl sites for hydroxylation is 2. The standard InChI is InChI=1S/C19H22N2O2S/c1-14-10-12-24-17(14)13-20(2)18(22)9-11-21-16-6-4-3-5-15(16)7-8-19(21)23/h3-6,10,12H,7-9,11,13H2,1-2H3. The summed E-state index contributed by atoms with van der Waals surface area (Å²) in [5.74, 6) is 0.178. The van der Waals surface area contributed by atoms with E-state index in [0.717, 1.165) is 12.1 Å². The molecule has 0 N–H and O–H groups in total. The molecule has 0 saturated carbocycles. The van der Waals surface area contributed by atoms with E-state index < -0.39 is 0 Å². The van der Waals surface area contributed by atoms with Gasteiger partial charge in [-0.2, -0.15) is 0 Å². The van der Waals surface area contributed by atoms with Crippen LogP contribution in [0.1, 0.15) is 28.8 Å². The summed E-state index contributed by atoms with van der Waals surface area (Å²) < 4.78 is 0. The van der Waals surface area contributed by atoms with E-state index in [1.54, 1.807) is 21.1 Å². The molecule has 0 fully saturated rings. The van der Waals surface area contributed by atoms with Gasteiger partial charge in [-0.05, 0) is 42.0 Å². The van der Waals surface area contributed by atoms with Gasteiger partial charge in [0.15, 0.2) is 0 Å². The van der Waals surface area contributed by atoms with Crippen LogP contribution >= 0.6 is 11.3 Å². The average Bonchev–Trinajstić information content (AvgIpc) is 2.98. The van der Waals surface area contributed by atoms with Crippen LogP contribution in [0.4, 0.5) is 5.69 Å². The molecule has 0 atom stereocenters. The van der Waals surface area contributed by atoms with E-state index in [1.165, 1.54) is 16.0 Å². The fourth-order valence-electron chi connectivity index (χ4n) is 3.01. The number of anilines is 1. The molecule has 24 heavy (non-hydrogen) atoms. The lowest BCUT2D eigenvalue weighted by Crippen LogP contribution is -2.38. The summed E-state index contributed by atoms with van der Waals surface area (Å²) in [6, 6.07) is 10.0. The number of carbonyl (C=O) groups is 2. The van der Waals surface area contributed by atoms with Crippen LogP contribution in [0, 0.1) is 6.92 Å². The highest BCUT2D eigenvalue weighted by Crippen LogP contribution is 2.27. The van der Waals surface area contributed by atoms with Gasteiger partial charge < -0.3 is 9.80 Å². The van der Waals surface area contributed by atoms with Crippen LogP contribution < -0.4 is 4.90 Å². The highest BCUT2D eigenvalue weighted by Gasteiger charge is 2.24. The van der Waals surface area contributed by atoms with Crippen LogP contribution in [-0.4, -0.2) is 30.3 Å². The van der Waals surface area contributed by atoms with Crippen LogP contribution in [0.25, 0.3) is 0 Å². The van der Waals surface area contributed by atoms with Crippen molar-refractivity contribution >= 4 is 28.8 Å². The molecule has 4 nitrogen and oxygen atoms in total. The second kappa shape index (κ2) is 7.18. The summed E-state index contributed by atoms with van der Waals surface area (Å²) in [5, 5.41) is 2.05. The quantitative estimate of drug-likeness (QED) is 0.836. The van der Waals surface area contributed by atoms with Gasteiger partial charge in [0.25, 0.3) is 0 Å². The van der Waals surface area contributed by atoms with E-state index in [-0.39, 0.29) is 11.8 Å². The minimum Gasteiger partial charge on any atom is -0.341 e. The number of para-hydroxylation sites is 1. The number of thiophene rings is 1. The van der Waals surface area contributed by atoms with Crippen molar-refractivity contribution in [1.82, 2.24) is 4.90 Å². The molecule has 0 unspecified atom stereocenters. The molecule has 2 aromatic rings. The summed E-state index contributed by atoms with van der Waals surface area (Å²) in [6.07, 6.45) is 1.66. The molecule has 2 amide bonds. The zero-order valence-corrected chi connectivity index (χ0v) is 14.9. The molecule has 5 heteroatoms. The normalized spacial score (nSPS) is 13.8. The van der Waals surface area contributed by atoms with Crippen molar-refractivity contribution in [2.75, 3.05) is 18.5 Å². The zero-order valence-electron chi connectivity index (χ0n) is 14.1. The molecule has 126 valence electrons. The molecule has 0 bridgehead atoms. The number of fused-ring (bicyclic) bond motifs is 1. The summed E-state index contributed by atoms with van der Waals surface area (Å²) in [6.45, 7) is 3.14. The van der Waals surface area contributed by atoms with E-state index in [1.807, 2.05) is 30.6 Å². The average molecular weight is 342 g/mol. The van der Waals surface area contributed by atoms with Crippen LogP contribution in [0.15, 0.2) is 35.7 Å². The number of carbonyl (C=O) groups excluding carboxylic acids is 2. The van der Waals surface area contributed by atoms with Crippen LogP contribution in [0.5, 0.6) is 0 Å². The Kier molecular flexibility index (Phi) is 5.00. The molecule has 1 aromatic heterocycles. The highest BCUT2D eigenvalue weighted by atomic mass is 32.1. The molecule has 0 aliphatic carbocycles. The Labute approximate surface area is 146 Å². The first-order valence-electron chi connectivity index (χ1n) is 8.21. The smallest absolute Gasteiger partial charge is 0.227 e. The third kappa shape index (κ3) is 3.51. The first-order valence-corrected chi connectivity index (χ1v) is 9.09. The monoisotopic (exact) mass is 342 g/mol. The van der Waals surface area contributed by atoms with Gasteiger partial charge in [-0.3, -0.25) is 9.59 Å². The Hall–Kier alpha value is -2.14. The van der Waals surface area contributed by atoms with Crippen LogP contribution in [0.2, 0.25) is 0 Å². The van der Waals surface area contributed by atoms with Crippen molar-refractivity contribution in [3.8, 4) is 0 Å². The van der Waals surface area contributed by atoms with Gasteiger partial charge in [0.2, 0.25) is 11.8 Å². The second-order valence-electron chi connectivity index (χ2n) is 6.20. The highest BCUT2D eigenvalue weighted by molar-refractivity contribution is 7.10. The largest absolute Gasteiger partial charge is 0.341 e. The zero-order chi connectivity index (χ0) is 17.1. The fraction of sp³-hybridized carbons (Fsp3) is 0.368. The van der Waals surface area contributed by atoms with Gasteiger partial charge in [0, 0.05) is 37.0 Å². The lowest BCUT2D eigenvalue weighted by molar-refractivity contribution is -0.130. The summed E-state index contributed by atoms with van der Waals surface area (Å²) in [5.41, 5.74) is 3.37. The molecular weight excluding hydrogens is 320 g/mol. The molecule has 2 heterocycles. The molecule has 0 saturated heterocycles. The predicted molar refractivity (Wildman–Crippen MR) is 97.3 cm³/mol. The number of amides is 2. The Balaban J connectivity index is 1.62. The molecule has 1 aliphatic rings. The van der Waals surface area contributed by atoms with E-state index >= 15 is 0 Å². The van der Waals surface area contributed by atoms with Crippen molar-refractivity contribution in [3.63, 3.8) is 0 Å². The Bertz CT molecular complexity index is 753. The topological polar surface area (TPSA) is 40.6 Å². The third-order valence-corrected chi connectivity index (χ3v) is 5.52. The lowest BCUT2D eigenvalue weighted by Gasteiger charge is -2.29. The SMILES string of the molecule is Cc1ccsc1CN(C)C(=O)CCN1C(=O)CCc2ccccc21. The molecule has 0 radical (unpaired) electrons. The number of hydrogen-bond donors (Lipinski definition) is 0. The maximum Gasteiger partial charge on any atom is 0.227 e. The lowest BCUT2D eigenvalue weighted by atomic mass is 10.0. The number of rotatable bonds is 5. The summed E-state index contributed by atoms with van der Waals surface area (Å²) in [7, 11) is 1.83. The Morgan fingerprint density at radius 3 is 2.79 bits per heavy atom. The van der Waals surface area contributed by atoms with Crippen LogP contribution in [0.3, 0.4) is 0 Å². The maximum atomic E-state index is 12.4. The van der Waals surface area contributed by atoms with Crippen molar-refractivity contribution in [3.05, 3.63) is 51.7 Å².